The van der Waals surface area contributed by atoms with Crippen LogP contribution in [0.1, 0.15) is 25.3 Å². The van der Waals surface area contributed by atoms with Gasteiger partial charge >= 0.3 is 5.91 Å². The number of rotatable bonds is 4. The van der Waals surface area contributed by atoms with Gasteiger partial charge in [0, 0.05) is 5.92 Å². The summed E-state index contributed by atoms with van der Waals surface area (Å²) in [4.78, 5) is 2.95. The first-order chi connectivity index (χ1) is 13.0. The first kappa shape index (κ1) is 17.6. The van der Waals surface area contributed by atoms with E-state index in [0.717, 1.165) is 5.56 Å². The fraction of sp³-hybridized carbons (Fsp3) is 0.526. The van der Waals surface area contributed by atoms with Gasteiger partial charge < -0.3 is 18.9 Å². The number of hydrogen-bond acceptors (Lipinski definition) is 7. The molecule has 1 aromatic rings. The van der Waals surface area contributed by atoms with Crippen LogP contribution >= 0.6 is 0 Å². The molecule has 3 aliphatic rings. The van der Waals surface area contributed by atoms with E-state index in [4.69, 9.17) is 24.7 Å². The molecule has 0 radical (unpaired) electrons. The molecule has 140 valence electrons. The lowest BCUT2D eigenvalue weighted by molar-refractivity contribution is -0.677. The van der Waals surface area contributed by atoms with Gasteiger partial charge in [-0.3, -0.25) is 5.73 Å². The Kier molecular flexibility index (Phi) is 3.64. The third kappa shape index (κ3) is 1.84. The Morgan fingerprint density at radius 2 is 2.11 bits per heavy atom. The number of hydrogen-bond donors (Lipinski definition) is 2. The van der Waals surface area contributed by atoms with Gasteiger partial charge in [-0.15, -0.1) is 0 Å². The number of methoxy groups -OCH3 is 1. The summed E-state index contributed by atoms with van der Waals surface area (Å²) >= 11 is 0. The van der Waals surface area contributed by atoms with Crippen LogP contribution in [0.5, 0.6) is 11.5 Å². The Morgan fingerprint density at radius 1 is 1.33 bits per heavy atom. The molecule has 1 saturated carbocycles. The van der Waals surface area contributed by atoms with Gasteiger partial charge in [0.15, 0.2) is 22.3 Å². The fourth-order valence-electron chi connectivity index (χ4n) is 4.60. The Balaban J connectivity index is 1.85. The second-order valence-corrected chi connectivity index (χ2v) is 7.01. The van der Waals surface area contributed by atoms with E-state index in [1.807, 2.05) is 19.9 Å². The largest absolute Gasteiger partial charge is 0.493 e. The molecule has 5 atom stereocenters. The average molecular weight is 369 g/mol. The minimum atomic E-state index is -1.43. The Hall–Kier alpha value is -2.81. The summed E-state index contributed by atoms with van der Waals surface area (Å²) in [6.07, 6.45) is -0.221. The summed E-state index contributed by atoms with van der Waals surface area (Å²) in [6, 6.07) is 9.96. The highest BCUT2D eigenvalue weighted by atomic mass is 16.8. The molecule has 8 heteroatoms. The molecular formula is C19H21N4O4+. The highest BCUT2D eigenvalue weighted by Gasteiger charge is 2.97. The van der Waals surface area contributed by atoms with Crippen LogP contribution in [0.25, 0.3) is 0 Å². The summed E-state index contributed by atoms with van der Waals surface area (Å²) in [6.45, 7) is 4.54. The third-order valence-corrected chi connectivity index (χ3v) is 5.71. The van der Waals surface area contributed by atoms with Crippen molar-refractivity contribution in [3.8, 4) is 23.6 Å². The van der Waals surface area contributed by atoms with Gasteiger partial charge in [0.2, 0.25) is 0 Å². The summed E-state index contributed by atoms with van der Waals surface area (Å²) in [7, 11) is 1.55. The van der Waals surface area contributed by atoms with E-state index in [1.165, 1.54) is 0 Å². The van der Waals surface area contributed by atoms with Crippen LogP contribution < -0.4 is 20.2 Å². The van der Waals surface area contributed by atoms with Crippen LogP contribution in [0.3, 0.4) is 0 Å². The molecule has 8 nitrogen and oxygen atoms in total. The monoisotopic (exact) mass is 369 g/mol. The SMILES string of the molecule is CCOc1ccc([C@@H]2[C@@]3(C#N)[C@@]4([NH+]=C(N)[C@@]23C#N)OC[C@H](C)O4)cc1OC. The maximum Gasteiger partial charge on any atom is 0.343 e. The minimum absolute atomic E-state index is 0.193. The highest BCUT2D eigenvalue weighted by Crippen LogP contribution is 2.79. The molecule has 0 amide bonds. The molecule has 27 heavy (non-hydrogen) atoms. The predicted molar refractivity (Wildman–Crippen MR) is 92.4 cm³/mol. The number of nitrogens with two attached hydrogens (primary N) is 1. The lowest BCUT2D eigenvalue weighted by Gasteiger charge is -2.24. The number of nitrogens with one attached hydrogen (secondary N) is 1. The maximum absolute atomic E-state index is 10.2. The molecule has 1 saturated heterocycles. The number of amidine groups is 1. The topological polar surface area (TPSA) is 124 Å². The number of nitrogens with zero attached hydrogens (tertiary/aromatic N) is 2. The lowest BCUT2D eigenvalue weighted by atomic mass is 9.94. The van der Waals surface area contributed by atoms with Crippen LogP contribution in [0.15, 0.2) is 18.2 Å². The smallest absolute Gasteiger partial charge is 0.343 e. The van der Waals surface area contributed by atoms with Gasteiger partial charge in [0.05, 0.1) is 38.6 Å². The molecule has 2 aliphatic heterocycles. The summed E-state index contributed by atoms with van der Waals surface area (Å²) in [5.41, 5.74) is 4.43. The van der Waals surface area contributed by atoms with Crippen LogP contribution in [-0.2, 0) is 9.47 Å². The minimum Gasteiger partial charge on any atom is -0.493 e. The van der Waals surface area contributed by atoms with Gasteiger partial charge in [-0.05, 0) is 31.5 Å². The summed E-state index contributed by atoms with van der Waals surface area (Å²) in [5.74, 6) is -0.631. The van der Waals surface area contributed by atoms with Crippen molar-refractivity contribution >= 4 is 5.84 Å². The number of ether oxygens (including phenoxy) is 4. The third-order valence-electron chi connectivity index (χ3n) is 5.71. The standard InChI is InChI=1S/C19H20N4O4/c1-4-25-13-6-5-12(7-14(13)24-3)15-17(9-20)16(22)23-19(18(15,17)10-21)26-8-11(2)27-19/h5-7,11,15H,4,8H2,1-3H3,(H2,22,23)/p+1/t11-,15-,17+,18+,19+/m0/s1. The molecule has 1 spiro atoms. The molecule has 0 aromatic heterocycles. The zero-order chi connectivity index (χ0) is 19.4. The van der Waals surface area contributed by atoms with Crippen molar-refractivity contribution in [2.75, 3.05) is 20.3 Å². The van der Waals surface area contributed by atoms with Crippen molar-refractivity contribution in [2.24, 2.45) is 16.6 Å². The van der Waals surface area contributed by atoms with Gasteiger partial charge in [0.25, 0.3) is 5.84 Å². The van der Waals surface area contributed by atoms with Crippen molar-refractivity contribution in [3.63, 3.8) is 0 Å². The van der Waals surface area contributed by atoms with Crippen molar-refractivity contribution in [1.82, 2.24) is 0 Å². The van der Waals surface area contributed by atoms with Gasteiger partial charge in [-0.1, -0.05) is 6.07 Å². The van der Waals surface area contributed by atoms with E-state index in [-0.39, 0.29) is 11.9 Å². The van der Waals surface area contributed by atoms with E-state index in [1.54, 1.807) is 19.2 Å². The van der Waals surface area contributed by atoms with Crippen molar-refractivity contribution in [1.29, 1.82) is 10.5 Å². The molecule has 0 unspecified atom stereocenters. The molecule has 2 fully saturated rings. The Morgan fingerprint density at radius 3 is 2.67 bits per heavy atom. The zero-order valence-electron chi connectivity index (χ0n) is 15.4. The van der Waals surface area contributed by atoms with E-state index in [9.17, 15) is 10.5 Å². The number of nitriles is 2. The summed E-state index contributed by atoms with van der Waals surface area (Å²) < 4.78 is 22.8. The molecule has 3 N–H and O–H groups in total. The van der Waals surface area contributed by atoms with E-state index in [2.05, 4.69) is 17.1 Å². The van der Waals surface area contributed by atoms with Crippen molar-refractivity contribution < 1.29 is 23.9 Å². The predicted octanol–water partition coefficient (Wildman–Crippen LogP) is -0.248. The highest BCUT2D eigenvalue weighted by molar-refractivity contribution is 5.95. The molecule has 2 heterocycles. The second-order valence-electron chi connectivity index (χ2n) is 7.01. The van der Waals surface area contributed by atoms with Crippen LogP contribution in [-0.4, -0.2) is 38.2 Å². The normalized spacial score (nSPS) is 38.6. The molecule has 4 rings (SSSR count). The number of fused-ring (bicyclic) bond motifs is 2. The van der Waals surface area contributed by atoms with Crippen LogP contribution in [0, 0.1) is 33.5 Å². The van der Waals surface area contributed by atoms with Crippen molar-refractivity contribution in [2.45, 2.75) is 31.8 Å². The van der Waals surface area contributed by atoms with Crippen LogP contribution in [0.2, 0.25) is 0 Å². The molecular weight excluding hydrogens is 348 g/mol. The molecule has 0 bridgehead atoms. The first-order valence-corrected chi connectivity index (χ1v) is 8.82. The van der Waals surface area contributed by atoms with E-state index >= 15 is 0 Å². The quantitative estimate of drug-likeness (QED) is 0.750. The molecule has 1 aliphatic carbocycles. The lowest BCUT2D eigenvalue weighted by Crippen LogP contribution is -2.90. The van der Waals surface area contributed by atoms with Gasteiger partial charge in [-0.2, -0.15) is 10.5 Å². The van der Waals surface area contributed by atoms with Gasteiger partial charge in [-0.25, -0.2) is 4.99 Å². The second kappa shape index (κ2) is 5.59. The van der Waals surface area contributed by atoms with Crippen molar-refractivity contribution in [3.05, 3.63) is 23.8 Å². The number of benzene rings is 1. The average Bonchev–Trinajstić information content (AvgIpc) is 3.06. The van der Waals surface area contributed by atoms with Gasteiger partial charge in [0.1, 0.15) is 0 Å². The Labute approximate surface area is 157 Å². The summed E-state index contributed by atoms with van der Waals surface area (Å²) in [5, 5.41) is 20.2. The zero-order valence-corrected chi connectivity index (χ0v) is 15.4. The maximum atomic E-state index is 10.2. The fourth-order valence-corrected chi connectivity index (χ4v) is 4.60. The van der Waals surface area contributed by atoms with Crippen LogP contribution in [0.4, 0.5) is 0 Å². The van der Waals surface area contributed by atoms with E-state index in [0.29, 0.717) is 24.7 Å². The first-order valence-electron chi connectivity index (χ1n) is 8.82. The molecule has 1 aromatic carbocycles. The van der Waals surface area contributed by atoms with E-state index < -0.39 is 22.7 Å². The Bertz CT molecular complexity index is 919.